The highest BCUT2D eigenvalue weighted by atomic mass is 16.5. The quantitative estimate of drug-likeness (QED) is 0.905. The minimum absolute atomic E-state index is 0.222. The van der Waals surface area contributed by atoms with Gasteiger partial charge in [0.2, 0.25) is 0 Å². The van der Waals surface area contributed by atoms with E-state index in [1.165, 1.54) is 7.11 Å². The lowest BCUT2D eigenvalue weighted by Gasteiger charge is -2.38. The zero-order valence-electron chi connectivity index (χ0n) is 12.5. The van der Waals surface area contributed by atoms with Crippen LogP contribution >= 0.6 is 0 Å². The predicted molar refractivity (Wildman–Crippen MR) is 78.3 cm³/mol. The van der Waals surface area contributed by atoms with Crippen LogP contribution in [-0.4, -0.2) is 43.3 Å². The number of nitrogens with one attached hydrogen (secondary N) is 1. The smallest absolute Gasteiger partial charge is 0.322 e. The van der Waals surface area contributed by atoms with E-state index in [0.29, 0.717) is 36.7 Å². The van der Waals surface area contributed by atoms with Gasteiger partial charge in [0.25, 0.3) is 0 Å². The lowest BCUT2D eigenvalue weighted by molar-refractivity contribution is -0.0720. The summed E-state index contributed by atoms with van der Waals surface area (Å²) in [6, 6.07) is 6.73. The number of nitrogens with zero attached hydrogens (tertiary/aromatic N) is 2. The largest absolute Gasteiger partial charge is 0.495 e. The fourth-order valence-corrected chi connectivity index (χ4v) is 2.26. The van der Waals surface area contributed by atoms with Crippen molar-refractivity contribution in [1.29, 1.82) is 5.26 Å². The van der Waals surface area contributed by atoms with Crippen LogP contribution in [-0.2, 0) is 4.74 Å². The monoisotopic (exact) mass is 289 g/mol. The van der Waals surface area contributed by atoms with Gasteiger partial charge in [0.1, 0.15) is 5.75 Å². The molecule has 112 valence electrons. The molecule has 0 unspecified atom stereocenters. The molecule has 1 aliphatic heterocycles. The van der Waals surface area contributed by atoms with Crippen molar-refractivity contribution in [3.63, 3.8) is 0 Å². The number of carbonyl (C=O) groups is 1. The van der Waals surface area contributed by atoms with Gasteiger partial charge in [-0.05, 0) is 32.0 Å². The molecule has 0 radical (unpaired) electrons. The molecule has 2 rings (SSSR count). The summed E-state index contributed by atoms with van der Waals surface area (Å²) in [5.41, 5.74) is 0.605. The molecule has 1 aromatic rings. The normalized spacial score (nSPS) is 17.0. The molecule has 1 heterocycles. The Labute approximate surface area is 124 Å². The second-order valence-electron chi connectivity index (χ2n) is 5.49. The van der Waals surface area contributed by atoms with E-state index < -0.39 is 0 Å². The number of ether oxygens (including phenoxy) is 2. The maximum atomic E-state index is 12.3. The number of urea groups is 1. The van der Waals surface area contributed by atoms with Crippen molar-refractivity contribution in [2.45, 2.75) is 19.4 Å². The molecule has 1 N–H and O–H groups in total. The van der Waals surface area contributed by atoms with E-state index in [-0.39, 0.29) is 11.6 Å². The molecule has 2 amide bonds. The Bertz CT molecular complexity index is 578. The van der Waals surface area contributed by atoms with Gasteiger partial charge in [-0.25, -0.2) is 4.79 Å². The van der Waals surface area contributed by atoms with E-state index in [1.54, 1.807) is 23.1 Å². The second kappa shape index (κ2) is 6.02. The summed E-state index contributed by atoms with van der Waals surface area (Å²) in [7, 11) is 1.52. The van der Waals surface area contributed by atoms with Gasteiger partial charge < -0.3 is 19.7 Å². The third-order valence-corrected chi connectivity index (χ3v) is 3.28. The molecule has 1 fully saturated rings. The van der Waals surface area contributed by atoms with Crippen LogP contribution in [0.5, 0.6) is 5.75 Å². The number of benzene rings is 1. The summed E-state index contributed by atoms with van der Waals surface area (Å²) in [6.07, 6.45) is 0. The van der Waals surface area contributed by atoms with Gasteiger partial charge in [-0.2, -0.15) is 5.26 Å². The highest BCUT2D eigenvalue weighted by molar-refractivity contribution is 5.91. The van der Waals surface area contributed by atoms with Crippen LogP contribution in [0, 0.1) is 11.3 Å². The van der Waals surface area contributed by atoms with Crippen molar-refractivity contribution < 1.29 is 14.3 Å². The molecule has 21 heavy (non-hydrogen) atoms. The Balaban J connectivity index is 2.14. The number of hydrogen-bond donors (Lipinski definition) is 1. The first-order valence-electron chi connectivity index (χ1n) is 6.73. The fourth-order valence-electron chi connectivity index (χ4n) is 2.26. The van der Waals surface area contributed by atoms with E-state index in [1.807, 2.05) is 19.9 Å². The van der Waals surface area contributed by atoms with Crippen molar-refractivity contribution in [3.8, 4) is 11.8 Å². The van der Waals surface area contributed by atoms with Gasteiger partial charge in [0.15, 0.2) is 0 Å². The Morgan fingerprint density at radius 2 is 2.29 bits per heavy atom. The first-order valence-corrected chi connectivity index (χ1v) is 6.73. The Morgan fingerprint density at radius 1 is 1.52 bits per heavy atom. The van der Waals surface area contributed by atoms with E-state index in [0.717, 1.165) is 0 Å². The predicted octanol–water partition coefficient (Wildman–Crippen LogP) is 2.21. The standard InChI is InChI=1S/C15H19N3O3/c1-15(2)10-18(6-7-21-15)14(19)17-12-8-11(9-16)4-5-13(12)20-3/h4-5,8H,6-7,10H2,1-3H3,(H,17,19). The average Bonchev–Trinajstić information content (AvgIpc) is 2.46. The molecule has 0 atom stereocenters. The van der Waals surface area contributed by atoms with Crippen LogP contribution < -0.4 is 10.1 Å². The number of rotatable bonds is 2. The summed E-state index contributed by atoms with van der Waals surface area (Å²) in [4.78, 5) is 14.0. The molecular weight excluding hydrogens is 270 g/mol. The number of carbonyl (C=O) groups excluding carboxylic acids is 1. The van der Waals surface area contributed by atoms with Crippen molar-refractivity contribution >= 4 is 11.7 Å². The summed E-state index contributed by atoms with van der Waals surface area (Å²) in [5.74, 6) is 0.523. The molecule has 0 spiro atoms. The third kappa shape index (κ3) is 3.64. The number of methoxy groups -OCH3 is 1. The molecule has 6 heteroatoms. The lowest BCUT2D eigenvalue weighted by Crippen LogP contribution is -2.51. The van der Waals surface area contributed by atoms with Gasteiger partial charge >= 0.3 is 6.03 Å². The topological polar surface area (TPSA) is 74.6 Å². The Hall–Kier alpha value is -2.26. The molecule has 0 aliphatic carbocycles. The highest BCUT2D eigenvalue weighted by Gasteiger charge is 2.30. The molecule has 1 saturated heterocycles. The van der Waals surface area contributed by atoms with Gasteiger partial charge in [0.05, 0.1) is 43.2 Å². The average molecular weight is 289 g/mol. The summed E-state index contributed by atoms with van der Waals surface area (Å²) >= 11 is 0. The number of hydrogen-bond acceptors (Lipinski definition) is 4. The van der Waals surface area contributed by atoms with Crippen molar-refractivity contribution in [3.05, 3.63) is 23.8 Å². The maximum Gasteiger partial charge on any atom is 0.322 e. The SMILES string of the molecule is COc1ccc(C#N)cc1NC(=O)N1CCOC(C)(C)C1. The van der Waals surface area contributed by atoms with Crippen LogP contribution in [0.1, 0.15) is 19.4 Å². The van der Waals surface area contributed by atoms with E-state index in [9.17, 15) is 4.79 Å². The van der Waals surface area contributed by atoms with Gasteiger partial charge in [-0.3, -0.25) is 0 Å². The van der Waals surface area contributed by atoms with Crippen LogP contribution in [0.4, 0.5) is 10.5 Å². The number of nitriles is 1. The highest BCUT2D eigenvalue weighted by Crippen LogP contribution is 2.26. The molecule has 0 saturated carbocycles. The molecule has 6 nitrogen and oxygen atoms in total. The number of morpholine rings is 1. The minimum atomic E-state index is -0.353. The fraction of sp³-hybridized carbons (Fsp3) is 0.467. The minimum Gasteiger partial charge on any atom is -0.495 e. The molecule has 0 aromatic heterocycles. The first kappa shape index (κ1) is 15.1. The first-order chi connectivity index (χ1) is 9.95. The molecule has 1 aliphatic rings. The molecule has 0 bridgehead atoms. The lowest BCUT2D eigenvalue weighted by atomic mass is 10.1. The maximum absolute atomic E-state index is 12.3. The van der Waals surface area contributed by atoms with Gasteiger partial charge in [-0.15, -0.1) is 0 Å². The van der Waals surface area contributed by atoms with Crippen molar-refractivity contribution in [2.24, 2.45) is 0 Å². The zero-order valence-corrected chi connectivity index (χ0v) is 12.5. The Morgan fingerprint density at radius 3 is 2.90 bits per heavy atom. The molecule has 1 aromatic carbocycles. The summed E-state index contributed by atoms with van der Waals surface area (Å²) in [6.45, 7) is 5.46. The van der Waals surface area contributed by atoms with Crippen molar-refractivity contribution in [1.82, 2.24) is 4.90 Å². The number of amides is 2. The van der Waals surface area contributed by atoms with Crippen LogP contribution in [0.15, 0.2) is 18.2 Å². The molecular formula is C15H19N3O3. The van der Waals surface area contributed by atoms with Gasteiger partial charge in [0, 0.05) is 6.54 Å². The Kier molecular flexibility index (Phi) is 4.34. The van der Waals surface area contributed by atoms with Crippen molar-refractivity contribution in [2.75, 3.05) is 32.1 Å². The van der Waals surface area contributed by atoms with Crippen LogP contribution in [0.3, 0.4) is 0 Å². The third-order valence-electron chi connectivity index (χ3n) is 3.28. The summed E-state index contributed by atoms with van der Waals surface area (Å²) in [5, 5.41) is 11.7. The summed E-state index contributed by atoms with van der Waals surface area (Å²) < 4.78 is 10.8. The van der Waals surface area contributed by atoms with Crippen LogP contribution in [0.2, 0.25) is 0 Å². The van der Waals surface area contributed by atoms with Crippen LogP contribution in [0.25, 0.3) is 0 Å². The van der Waals surface area contributed by atoms with Gasteiger partial charge in [-0.1, -0.05) is 0 Å². The number of anilines is 1. The van der Waals surface area contributed by atoms with E-state index in [2.05, 4.69) is 5.32 Å². The zero-order chi connectivity index (χ0) is 15.5. The second-order valence-corrected chi connectivity index (χ2v) is 5.49. The van der Waals surface area contributed by atoms with E-state index >= 15 is 0 Å². The van der Waals surface area contributed by atoms with E-state index in [4.69, 9.17) is 14.7 Å².